The first-order chi connectivity index (χ1) is 11.3. The largest absolute Gasteiger partial charge is 0.373 e. The molecule has 3 nitrogen and oxygen atoms in total. The number of nitrogens with zero attached hydrogens (tertiary/aromatic N) is 1. The molecule has 1 saturated heterocycles. The zero-order valence-corrected chi connectivity index (χ0v) is 13.6. The van der Waals surface area contributed by atoms with Gasteiger partial charge in [0, 0.05) is 19.0 Å². The number of carbonyl (C=O) groups excluding carboxylic acids is 1. The minimum atomic E-state index is 0.247. The Bertz CT molecular complexity index is 548. The summed E-state index contributed by atoms with van der Waals surface area (Å²) in [6, 6.07) is 10.4. The predicted molar refractivity (Wildman–Crippen MR) is 93.9 cm³/mol. The average molecular weight is 311 g/mol. The third-order valence-electron chi connectivity index (χ3n) is 3.93. The molecule has 1 fully saturated rings. The van der Waals surface area contributed by atoms with E-state index in [4.69, 9.17) is 4.74 Å². The summed E-state index contributed by atoms with van der Waals surface area (Å²) in [6.07, 6.45) is 12.3. The van der Waals surface area contributed by atoms with Crippen LogP contribution >= 0.6 is 0 Å². The number of hydrogen-bond acceptors (Lipinski definition) is 2. The highest BCUT2D eigenvalue weighted by molar-refractivity contribution is 5.78. The Labute approximate surface area is 139 Å². The molecule has 1 aromatic rings. The topological polar surface area (TPSA) is 29.5 Å². The average Bonchev–Trinajstić information content (AvgIpc) is 2.92. The van der Waals surface area contributed by atoms with Crippen molar-refractivity contribution in [3.05, 3.63) is 72.9 Å². The quantitative estimate of drug-likeness (QED) is 0.393. The van der Waals surface area contributed by atoms with Crippen LogP contribution in [0.4, 0.5) is 0 Å². The molecule has 1 atom stereocenters. The number of hydrogen-bond donors (Lipinski definition) is 0. The first kappa shape index (κ1) is 17.2. The van der Waals surface area contributed by atoms with E-state index in [1.165, 1.54) is 5.56 Å². The van der Waals surface area contributed by atoms with Crippen molar-refractivity contribution in [1.29, 1.82) is 0 Å². The van der Waals surface area contributed by atoms with E-state index in [0.717, 1.165) is 12.8 Å². The number of allylic oxidation sites excluding steroid dienone is 2. The zero-order valence-electron chi connectivity index (χ0n) is 13.6. The molecule has 122 valence electrons. The molecule has 3 heteroatoms. The second-order valence-electron chi connectivity index (χ2n) is 5.61. The first-order valence-electron chi connectivity index (χ1n) is 8.15. The summed E-state index contributed by atoms with van der Waals surface area (Å²) in [7, 11) is 0. The van der Waals surface area contributed by atoms with Crippen LogP contribution in [0.3, 0.4) is 0 Å². The van der Waals surface area contributed by atoms with Crippen LogP contribution in [0.2, 0.25) is 0 Å². The molecule has 0 aromatic heterocycles. The molecule has 0 N–H and O–H groups in total. The van der Waals surface area contributed by atoms with Gasteiger partial charge in [-0.2, -0.15) is 0 Å². The third-order valence-corrected chi connectivity index (χ3v) is 3.93. The molecule has 1 aliphatic rings. The van der Waals surface area contributed by atoms with Gasteiger partial charge in [0.1, 0.15) is 0 Å². The minimum absolute atomic E-state index is 0.247. The minimum Gasteiger partial charge on any atom is -0.373 e. The molecular weight excluding hydrogens is 286 g/mol. The molecule has 0 bridgehead atoms. The number of carbonyl (C=O) groups is 1. The SMILES string of the molecule is C=C/C=C/CC1CCC(=O)N1C/C=C\COCc1ccccc1. The molecule has 1 unspecified atom stereocenters. The number of rotatable bonds is 9. The molecule has 2 rings (SSSR count). The zero-order chi connectivity index (χ0) is 16.3. The van der Waals surface area contributed by atoms with Gasteiger partial charge in [-0.3, -0.25) is 4.79 Å². The van der Waals surface area contributed by atoms with Crippen molar-refractivity contribution < 1.29 is 9.53 Å². The predicted octanol–water partition coefficient (Wildman–Crippen LogP) is 3.88. The van der Waals surface area contributed by atoms with E-state index < -0.39 is 0 Å². The highest BCUT2D eigenvalue weighted by Gasteiger charge is 2.28. The Balaban J connectivity index is 1.69. The van der Waals surface area contributed by atoms with Crippen molar-refractivity contribution >= 4 is 5.91 Å². The van der Waals surface area contributed by atoms with E-state index in [1.807, 2.05) is 53.5 Å². The van der Waals surface area contributed by atoms with Crippen molar-refractivity contribution in [3.8, 4) is 0 Å². The highest BCUT2D eigenvalue weighted by atomic mass is 16.5. The van der Waals surface area contributed by atoms with Crippen molar-refractivity contribution in [1.82, 2.24) is 4.90 Å². The van der Waals surface area contributed by atoms with Crippen LogP contribution in [0.15, 0.2) is 67.3 Å². The van der Waals surface area contributed by atoms with E-state index in [9.17, 15) is 4.79 Å². The molecule has 23 heavy (non-hydrogen) atoms. The van der Waals surface area contributed by atoms with Crippen LogP contribution in [-0.4, -0.2) is 30.0 Å². The van der Waals surface area contributed by atoms with Crippen molar-refractivity contribution in [3.63, 3.8) is 0 Å². The Kier molecular flexibility index (Phi) is 7.34. The number of ether oxygens (including phenoxy) is 1. The van der Waals surface area contributed by atoms with Crippen molar-refractivity contribution in [2.75, 3.05) is 13.2 Å². The Morgan fingerprint density at radius 2 is 2.04 bits per heavy atom. The van der Waals surface area contributed by atoms with Crippen LogP contribution in [0.5, 0.6) is 0 Å². The second kappa shape index (κ2) is 9.80. The molecule has 1 aromatic carbocycles. The maximum atomic E-state index is 11.9. The van der Waals surface area contributed by atoms with Gasteiger partial charge in [0.15, 0.2) is 0 Å². The van der Waals surface area contributed by atoms with Crippen LogP contribution in [-0.2, 0) is 16.1 Å². The molecule has 0 radical (unpaired) electrons. The van der Waals surface area contributed by atoms with Gasteiger partial charge in [-0.15, -0.1) is 0 Å². The molecule has 0 saturated carbocycles. The van der Waals surface area contributed by atoms with E-state index in [0.29, 0.717) is 32.2 Å². The molecular formula is C20H25NO2. The van der Waals surface area contributed by atoms with Gasteiger partial charge in [-0.25, -0.2) is 0 Å². The van der Waals surface area contributed by atoms with Crippen LogP contribution in [0.25, 0.3) is 0 Å². The van der Waals surface area contributed by atoms with Crippen LogP contribution < -0.4 is 0 Å². The van der Waals surface area contributed by atoms with Crippen molar-refractivity contribution in [2.24, 2.45) is 0 Å². The lowest BCUT2D eigenvalue weighted by atomic mass is 10.1. The molecule has 0 spiro atoms. The second-order valence-corrected chi connectivity index (χ2v) is 5.61. The van der Waals surface area contributed by atoms with Gasteiger partial charge in [-0.05, 0) is 18.4 Å². The van der Waals surface area contributed by atoms with Crippen LogP contribution in [0, 0.1) is 0 Å². The van der Waals surface area contributed by atoms with Crippen LogP contribution in [0.1, 0.15) is 24.8 Å². The Morgan fingerprint density at radius 3 is 2.83 bits per heavy atom. The van der Waals surface area contributed by atoms with Gasteiger partial charge in [0.05, 0.1) is 13.2 Å². The fourth-order valence-corrected chi connectivity index (χ4v) is 2.70. The lowest BCUT2D eigenvalue weighted by Gasteiger charge is -2.22. The summed E-state index contributed by atoms with van der Waals surface area (Å²) in [5, 5.41) is 0. The highest BCUT2D eigenvalue weighted by Crippen LogP contribution is 2.21. The maximum Gasteiger partial charge on any atom is 0.223 e. The number of amides is 1. The van der Waals surface area contributed by atoms with E-state index in [-0.39, 0.29) is 5.91 Å². The summed E-state index contributed by atoms with van der Waals surface area (Å²) in [4.78, 5) is 13.9. The molecule has 1 aliphatic heterocycles. The maximum absolute atomic E-state index is 11.9. The number of likely N-dealkylation sites (tertiary alicyclic amines) is 1. The van der Waals surface area contributed by atoms with Gasteiger partial charge in [0.25, 0.3) is 0 Å². The van der Waals surface area contributed by atoms with E-state index in [1.54, 1.807) is 6.08 Å². The Hall–Kier alpha value is -2.13. The standard InChI is InChI=1S/C20H25NO2/c1-2-3-5-12-19-13-14-20(22)21(19)15-8-9-16-23-17-18-10-6-4-7-11-18/h2-11,19H,1,12-17H2/b5-3+,9-8-. The molecule has 0 aliphatic carbocycles. The van der Waals surface area contributed by atoms with Gasteiger partial charge in [0.2, 0.25) is 5.91 Å². The smallest absolute Gasteiger partial charge is 0.223 e. The van der Waals surface area contributed by atoms with Gasteiger partial charge >= 0.3 is 0 Å². The first-order valence-corrected chi connectivity index (χ1v) is 8.15. The number of benzene rings is 1. The van der Waals surface area contributed by atoms with Gasteiger partial charge in [-0.1, -0.05) is 67.3 Å². The fourth-order valence-electron chi connectivity index (χ4n) is 2.70. The monoisotopic (exact) mass is 311 g/mol. The Morgan fingerprint density at radius 1 is 1.22 bits per heavy atom. The summed E-state index contributed by atoms with van der Waals surface area (Å²) >= 11 is 0. The molecule has 1 heterocycles. The molecule has 1 amide bonds. The third kappa shape index (κ3) is 5.87. The lowest BCUT2D eigenvalue weighted by molar-refractivity contribution is -0.128. The van der Waals surface area contributed by atoms with E-state index in [2.05, 4.69) is 12.7 Å². The fraction of sp³-hybridized carbons (Fsp3) is 0.350. The summed E-state index contributed by atoms with van der Waals surface area (Å²) in [6.45, 7) is 5.51. The normalized spacial score (nSPS) is 18.3. The van der Waals surface area contributed by atoms with E-state index >= 15 is 0 Å². The summed E-state index contributed by atoms with van der Waals surface area (Å²) in [5.74, 6) is 0.247. The van der Waals surface area contributed by atoms with Crippen molar-refractivity contribution in [2.45, 2.75) is 31.9 Å². The summed E-state index contributed by atoms with van der Waals surface area (Å²) < 4.78 is 5.61. The lowest BCUT2D eigenvalue weighted by Crippen LogP contribution is -2.32. The summed E-state index contributed by atoms with van der Waals surface area (Å²) in [5.41, 5.74) is 1.17. The van der Waals surface area contributed by atoms with Gasteiger partial charge < -0.3 is 9.64 Å².